The molecule has 1 nitrogen and oxygen atoms in total. The van der Waals surface area contributed by atoms with Crippen LogP contribution < -0.4 is 0 Å². The summed E-state index contributed by atoms with van der Waals surface area (Å²) in [6.07, 6.45) is 7.46. The van der Waals surface area contributed by atoms with E-state index in [4.69, 9.17) is 0 Å². The maximum absolute atomic E-state index is 3.15. The predicted molar refractivity (Wildman–Crippen MR) is 116 cm³/mol. The molecule has 0 radical (unpaired) electrons. The maximum Gasteiger partial charge on any atom is 0.0454 e. The molecule has 0 saturated carbocycles. The molecule has 0 atom stereocenters. The van der Waals surface area contributed by atoms with Gasteiger partial charge < -0.3 is 4.98 Å². The number of hydrogen-bond acceptors (Lipinski definition) is 0. The van der Waals surface area contributed by atoms with Crippen molar-refractivity contribution in [3.8, 4) is 0 Å². The minimum Gasteiger partial charge on any atom is -0.361 e. The fourth-order valence-electron chi connectivity index (χ4n) is 2.37. The van der Waals surface area contributed by atoms with E-state index in [1.54, 1.807) is 0 Å². The Morgan fingerprint density at radius 3 is 2.16 bits per heavy atom. The van der Waals surface area contributed by atoms with Gasteiger partial charge in [0, 0.05) is 11.7 Å². The molecule has 1 aromatic heterocycles. The second-order valence-electron chi connectivity index (χ2n) is 4.87. The van der Waals surface area contributed by atoms with Gasteiger partial charge in [0.05, 0.1) is 0 Å². The largest absolute Gasteiger partial charge is 0.361 e. The molecule has 1 aliphatic carbocycles. The van der Waals surface area contributed by atoms with Crippen LogP contribution in [0.1, 0.15) is 58.2 Å². The summed E-state index contributed by atoms with van der Waals surface area (Å²) < 4.78 is 0. The van der Waals surface area contributed by atoms with Gasteiger partial charge in [0.25, 0.3) is 0 Å². The zero-order valence-electron chi connectivity index (χ0n) is 17.1. The summed E-state index contributed by atoms with van der Waals surface area (Å²) in [7, 11) is 0. The summed E-state index contributed by atoms with van der Waals surface area (Å²) in [4.78, 5) is 3.15. The molecule has 0 aliphatic heterocycles. The van der Waals surface area contributed by atoms with E-state index in [-0.39, 0.29) is 0 Å². The predicted octanol–water partition coefficient (Wildman–Crippen LogP) is 7.81. The SMILES string of the molecule is C1=Cc2ccccc2C1.CC.CC.CC.Cc1ccc2[nH]ccc2c1. The van der Waals surface area contributed by atoms with Gasteiger partial charge in [0.2, 0.25) is 0 Å². The average molecular weight is 338 g/mol. The molecular weight excluding hydrogens is 302 g/mol. The highest BCUT2D eigenvalue weighted by Crippen LogP contribution is 2.17. The fraction of sp³-hybridized carbons (Fsp3) is 0.333. The first-order valence-electron chi connectivity index (χ1n) is 9.61. The molecule has 136 valence electrons. The number of allylic oxidation sites excluding steroid dienone is 1. The molecule has 0 unspecified atom stereocenters. The first-order valence-corrected chi connectivity index (χ1v) is 9.61. The van der Waals surface area contributed by atoms with Gasteiger partial charge in [-0.15, -0.1) is 0 Å². The van der Waals surface area contributed by atoms with Gasteiger partial charge >= 0.3 is 0 Å². The van der Waals surface area contributed by atoms with Crippen LogP contribution in [-0.2, 0) is 6.42 Å². The number of hydrogen-bond donors (Lipinski definition) is 1. The summed E-state index contributed by atoms with van der Waals surface area (Å²) in [6.45, 7) is 14.1. The van der Waals surface area contributed by atoms with Crippen molar-refractivity contribution in [2.45, 2.75) is 54.9 Å². The van der Waals surface area contributed by atoms with Gasteiger partial charge in [-0.1, -0.05) is 89.6 Å². The lowest BCUT2D eigenvalue weighted by atomic mass is 10.1. The third-order valence-corrected chi connectivity index (χ3v) is 3.40. The molecule has 0 fully saturated rings. The first-order chi connectivity index (χ1) is 12.3. The van der Waals surface area contributed by atoms with Crippen molar-refractivity contribution in [2.75, 3.05) is 0 Å². The Balaban J connectivity index is 0.000000357. The van der Waals surface area contributed by atoms with Crippen LogP contribution in [0.25, 0.3) is 17.0 Å². The molecule has 0 saturated heterocycles. The van der Waals surface area contributed by atoms with Crippen LogP contribution in [0, 0.1) is 6.92 Å². The third kappa shape index (κ3) is 7.43. The zero-order chi connectivity index (χ0) is 19.1. The summed E-state index contributed by atoms with van der Waals surface area (Å²) in [5.41, 5.74) is 5.37. The van der Waals surface area contributed by atoms with Gasteiger partial charge in [-0.05, 0) is 48.1 Å². The monoisotopic (exact) mass is 337 g/mol. The van der Waals surface area contributed by atoms with Crippen LogP contribution in [0.5, 0.6) is 0 Å². The number of nitrogens with one attached hydrogen (secondary N) is 1. The standard InChI is InChI=1S/C9H9N.C9H8.3C2H6/c1-7-2-3-9-8(6-7)4-5-10-9;1-2-5-9-7-3-6-8(9)4-1;3*1-2/h2-6,10H,1H3;1-6H,7H2;3*1-2H3. The summed E-state index contributed by atoms with van der Waals surface area (Å²) in [5.74, 6) is 0. The Labute approximate surface area is 154 Å². The van der Waals surface area contributed by atoms with E-state index in [0.29, 0.717) is 0 Å². The number of rotatable bonds is 0. The highest BCUT2D eigenvalue weighted by Gasteiger charge is 2.00. The maximum atomic E-state index is 3.15. The van der Waals surface area contributed by atoms with Crippen molar-refractivity contribution in [1.29, 1.82) is 0 Å². The quantitative estimate of drug-likeness (QED) is 0.430. The smallest absolute Gasteiger partial charge is 0.0454 e. The van der Waals surface area contributed by atoms with Crippen LogP contribution in [-0.4, -0.2) is 4.98 Å². The molecule has 3 aromatic rings. The van der Waals surface area contributed by atoms with Gasteiger partial charge in [-0.25, -0.2) is 0 Å². The van der Waals surface area contributed by atoms with E-state index in [1.165, 1.54) is 27.6 Å². The van der Waals surface area contributed by atoms with Crippen molar-refractivity contribution in [3.05, 3.63) is 77.5 Å². The molecule has 1 heterocycles. The number of benzene rings is 2. The Kier molecular flexibility index (Phi) is 12.8. The van der Waals surface area contributed by atoms with Crippen molar-refractivity contribution < 1.29 is 0 Å². The van der Waals surface area contributed by atoms with Gasteiger partial charge in [-0.2, -0.15) is 0 Å². The molecule has 1 aliphatic rings. The molecule has 2 aromatic carbocycles. The third-order valence-electron chi connectivity index (χ3n) is 3.40. The van der Waals surface area contributed by atoms with E-state index in [9.17, 15) is 0 Å². The number of aromatic nitrogens is 1. The topological polar surface area (TPSA) is 15.8 Å². The Morgan fingerprint density at radius 1 is 0.800 bits per heavy atom. The molecule has 0 bridgehead atoms. The van der Waals surface area contributed by atoms with Crippen LogP contribution in [0.4, 0.5) is 0 Å². The van der Waals surface area contributed by atoms with Crippen molar-refractivity contribution >= 4 is 17.0 Å². The molecule has 0 spiro atoms. The van der Waals surface area contributed by atoms with Gasteiger partial charge in [-0.3, -0.25) is 0 Å². The van der Waals surface area contributed by atoms with E-state index >= 15 is 0 Å². The Hall–Kier alpha value is -2.28. The molecule has 1 heteroatoms. The number of aromatic amines is 1. The minimum atomic E-state index is 1.12. The minimum absolute atomic E-state index is 1.12. The van der Waals surface area contributed by atoms with Crippen LogP contribution >= 0.6 is 0 Å². The second kappa shape index (κ2) is 14.1. The number of fused-ring (bicyclic) bond motifs is 2. The lowest BCUT2D eigenvalue weighted by molar-refractivity contribution is 1.31. The number of aryl methyl sites for hydroxylation is 1. The van der Waals surface area contributed by atoms with E-state index in [0.717, 1.165) is 6.42 Å². The highest BCUT2D eigenvalue weighted by molar-refractivity contribution is 5.79. The van der Waals surface area contributed by atoms with Gasteiger partial charge in [0.15, 0.2) is 0 Å². The Morgan fingerprint density at radius 2 is 1.48 bits per heavy atom. The van der Waals surface area contributed by atoms with E-state index < -0.39 is 0 Å². The van der Waals surface area contributed by atoms with Crippen LogP contribution in [0.3, 0.4) is 0 Å². The van der Waals surface area contributed by atoms with Crippen LogP contribution in [0.15, 0.2) is 60.8 Å². The Bertz CT molecular complexity index is 720. The first kappa shape index (κ1) is 22.7. The van der Waals surface area contributed by atoms with Crippen molar-refractivity contribution in [3.63, 3.8) is 0 Å². The van der Waals surface area contributed by atoms with Crippen molar-refractivity contribution in [2.24, 2.45) is 0 Å². The second-order valence-corrected chi connectivity index (χ2v) is 4.87. The van der Waals surface area contributed by atoms with Gasteiger partial charge in [0.1, 0.15) is 0 Å². The van der Waals surface area contributed by atoms with E-state index in [1.807, 2.05) is 47.7 Å². The average Bonchev–Trinajstić information content (AvgIpc) is 3.36. The lowest BCUT2D eigenvalue weighted by Gasteiger charge is -1.93. The zero-order valence-corrected chi connectivity index (χ0v) is 17.1. The molecule has 4 rings (SSSR count). The lowest BCUT2D eigenvalue weighted by Crippen LogP contribution is -1.76. The fourth-order valence-corrected chi connectivity index (χ4v) is 2.37. The van der Waals surface area contributed by atoms with Crippen LogP contribution in [0.2, 0.25) is 0 Å². The highest BCUT2D eigenvalue weighted by atomic mass is 14.7. The summed E-state index contributed by atoms with van der Waals surface area (Å²) >= 11 is 0. The molecule has 1 N–H and O–H groups in total. The summed E-state index contributed by atoms with van der Waals surface area (Å²) in [5, 5.41) is 1.29. The normalized spacial score (nSPS) is 9.88. The molecule has 0 amide bonds. The number of H-pyrrole nitrogens is 1. The summed E-state index contributed by atoms with van der Waals surface area (Å²) in [6, 6.07) is 17.0. The van der Waals surface area contributed by atoms with Crippen molar-refractivity contribution in [1.82, 2.24) is 4.98 Å². The molecular formula is C24H35N. The molecule has 25 heavy (non-hydrogen) atoms. The van der Waals surface area contributed by atoms with E-state index in [2.05, 4.69) is 72.6 Å².